The van der Waals surface area contributed by atoms with E-state index in [-0.39, 0.29) is 5.91 Å². The highest BCUT2D eigenvalue weighted by molar-refractivity contribution is 5.96. The van der Waals surface area contributed by atoms with E-state index in [9.17, 15) is 4.79 Å². The Balaban J connectivity index is 2.35. The molecule has 14 heavy (non-hydrogen) atoms. The first-order valence-corrected chi connectivity index (χ1v) is 4.76. The SMILES string of the molecule is Cc1cc(C)cc(N2CNCC2=O)c1. The van der Waals surface area contributed by atoms with E-state index >= 15 is 0 Å². The molecule has 1 aliphatic rings. The van der Waals surface area contributed by atoms with Gasteiger partial charge in [-0.3, -0.25) is 15.0 Å². The number of nitrogens with zero attached hydrogens (tertiary/aromatic N) is 1. The van der Waals surface area contributed by atoms with Gasteiger partial charge in [-0.15, -0.1) is 0 Å². The second-order valence-corrected chi connectivity index (χ2v) is 3.75. The number of hydrogen-bond donors (Lipinski definition) is 1. The van der Waals surface area contributed by atoms with Gasteiger partial charge < -0.3 is 0 Å². The molecular formula is C11H14N2O. The standard InChI is InChI=1S/C11H14N2O/c1-8-3-9(2)5-10(4-8)13-7-12-6-11(13)14/h3-5,12H,6-7H2,1-2H3. The molecule has 0 aliphatic carbocycles. The molecule has 0 bridgehead atoms. The molecule has 1 aromatic carbocycles. The van der Waals surface area contributed by atoms with Gasteiger partial charge in [0.15, 0.2) is 0 Å². The quantitative estimate of drug-likeness (QED) is 0.721. The summed E-state index contributed by atoms with van der Waals surface area (Å²) in [6.45, 7) is 5.17. The molecule has 0 unspecified atom stereocenters. The average molecular weight is 190 g/mol. The Morgan fingerprint density at radius 2 is 1.86 bits per heavy atom. The van der Waals surface area contributed by atoms with E-state index in [2.05, 4.69) is 11.4 Å². The lowest BCUT2D eigenvalue weighted by Gasteiger charge is -2.16. The molecule has 74 valence electrons. The predicted octanol–water partition coefficient (Wildman–Crippen LogP) is 1.20. The third-order valence-corrected chi connectivity index (χ3v) is 2.37. The number of nitrogens with one attached hydrogen (secondary N) is 1. The fourth-order valence-corrected chi connectivity index (χ4v) is 1.80. The summed E-state index contributed by atoms with van der Waals surface area (Å²) in [5.41, 5.74) is 3.39. The molecule has 1 N–H and O–H groups in total. The van der Waals surface area contributed by atoms with E-state index in [4.69, 9.17) is 0 Å². The van der Waals surface area contributed by atoms with Crippen LogP contribution in [0.25, 0.3) is 0 Å². The predicted molar refractivity (Wildman–Crippen MR) is 56.3 cm³/mol. The number of carbonyl (C=O) groups is 1. The molecule has 0 saturated carbocycles. The third kappa shape index (κ3) is 1.63. The summed E-state index contributed by atoms with van der Waals surface area (Å²) in [5.74, 6) is 0.148. The van der Waals surface area contributed by atoms with E-state index in [0.29, 0.717) is 13.2 Å². The maximum absolute atomic E-state index is 11.5. The van der Waals surface area contributed by atoms with Crippen LogP contribution in [0.4, 0.5) is 5.69 Å². The molecule has 1 amide bonds. The molecule has 2 rings (SSSR count). The Hall–Kier alpha value is -1.35. The molecule has 1 aliphatic heterocycles. The van der Waals surface area contributed by atoms with Gasteiger partial charge in [0.25, 0.3) is 0 Å². The zero-order valence-corrected chi connectivity index (χ0v) is 8.50. The number of rotatable bonds is 1. The van der Waals surface area contributed by atoms with Crippen molar-refractivity contribution < 1.29 is 4.79 Å². The van der Waals surface area contributed by atoms with Crippen molar-refractivity contribution in [1.82, 2.24) is 5.32 Å². The maximum atomic E-state index is 11.5. The summed E-state index contributed by atoms with van der Waals surface area (Å²) < 4.78 is 0. The van der Waals surface area contributed by atoms with Crippen LogP contribution in [0.3, 0.4) is 0 Å². The van der Waals surface area contributed by atoms with Crippen LogP contribution >= 0.6 is 0 Å². The van der Waals surface area contributed by atoms with Gasteiger partial charge in [-0.05, 0) is 37.1 Å². The summed E-state index contributed by atoms with van der Waals surface area (Å²) >= 11 is 0. The van der Waals surface area contributed by atoms with Crippen molar-refractivity contribution in [3.05, 3.63) is 29.3 Å². The van der Waals surface area contributed by atoms with Crippen LogP contribution in [0.5, 0.6) is 0 Å². The van der Waals surface area contributed by atoms with Gasteiger partial charge in [-0.2, -0.15) is 0 Å². The lowest BCUT2D eigenvalue weighted by molar-refractivity contribution is -0.116. The van der Waals surface area contributed by atoms with Crippen molar-refractivity contribution >= 4 is 11.6 Å². The van der Waals surface area contributed by atoms with Crippen LogP contribution in [0.15, 0.2) is 18.2 Å². The minimum absolute atomic E-state index is 0.148. The number of amides is 1. The fraction of sp³-hybridized carbons (Fsp3) is 0.364. The molecule has 0 radical (unpaired) electrons. The molecule has 0 spiro atoms. The van der Waals surface area contributed by atoms with Crippen molar-refractivity contribution in [2.24, 2.45) is 0 Å². The summed E-state index contributed by atoms with van der Waals surface area (Å²) in [7, 11) is 0. The van der Waals surface area contributed by atoms with E-state index in [1.807, 2.05) is 26.0 Å². The zero-order valence-electron chi connectivity index (χ0n) is 8.50. The molecule has 0 aromatic heterocycles. The van der Waals surface area contributed by atoms with Crippen LogP contribution in [-0.4, -0.2) is 19.1 Å². The first-order chi connectivity index (χ1) is 6.66. The summed E-state index contributed by atoms with van der Waals surface area (Å²) in [4.78, 5) is 13.2. The lowest BCUT2D eigenvalue weighted by atomic mass is 10.1. The van der Waals surface area contributed by atoms with Gasteiger partial charge in [0.1, 0.15) is 0 Å². The van der Waals surface area contributed by atoms with Crippen molar-refractivity contribution in [1.29, 1.82) is 0 Å². The second kappa shape index (κ2) is 3.42. The topological polar surface area (TPSA) is 32.3 Å². The highest BCUT2D eigenvalue weighted by Gasteiger charge is 2.21. The van der Waals surface area contributed by atoms with Gasteiger partial charge in [-0.25, -0.2) is 0 Å². The Bertz CT molecular complexity index is 353. The highest BCUT2D eigenvalue weighted by atomic mass is 16.2. The first-order valence-electron chi connectivity index (χ1n) is 4.76. The smallest absolute Gasteiger partial charge is 0.242 e. The Morgan fingerprint density at radius 1 is 1.21 bits per heavy atom. The normalized spacial score (nSPS) is 16.4. The van der Waals surface area contributed by atoms with Gasteiger partial charge in [-0.1, -0.05) is 6.07 Å². The number of aryl methyl sites for hydroxylation is 2. The monoisotopic (exact) mass is 190 g/mol. The van der Waals surface area contributed by atoms with Crippen LogP contribution < -0.4 is 10.2 Å². The lowest BCUT2D eigenvalue weighted by Crippen LogP contribution is -2.25. The number of benzene rings is 1. The van der Waals surface area contributed by atoms with Crippen LogP contribution in [-0.2, 0) is 4.79 Å². The van der Waals surface area contributed by atoms with Crippen molar-refractivity contribution in [2.75, 3.05) is 18.1 Å². The second-order valence-electron chi connectivity index (χ2n) is 3.75. The number of carbonyl (C=O) groups excluding carboxylic acids is 1. The minimum atomic E-state index is 0.148. The Labute approximate surface area is 83.7 Å². The van der Waals surface area contributed by atoms with Crippen LogP contribution in [0.2, 0.25) is 0 Å². The van der Waals surface area contributed by atoms with Gasteiger partial charge in [0.05, 0.1) is 13.2 Å². The van der Waals surface area contributed by atoms with Crippen molar-refractivity contribution in [3.8, 4) is 0 Å². The van der Waals surface area contributed by atoms with Gasteiger partial charge >= 0.3 is 0 Å². The van der Waals surface area contributed by atoms with Gasteiger partial charge in [0, 0.05) is 5.69 Å². The maximum Gasteiger partial charge on any atom is 0.242 e. The third-order valence-electron chi connectivity index (χ3n) is 2.37. The summed E-state index contributed by atoms with van der Waals surface area (Å²) in [6, 6.07) is 6.19. The molecule has 3 nitrogen and oxygen atoms in total. The average Bonchev–Trinajstić information content (AvgIpc) is 2.49. The largest absolute Gasteiger partial charge is 0.298 e. The number of hydrogen-bond acceptors (Lipinski definition) is 2. The molecule has 3 heteroatoms. The van der Waals surface area contributed by atoms with Crippen molar-refractivity contribution in [2.45, 2.75) is 13.8 Å². The first kappa shape index (κ1) is 9.21. The summed E-state index contributed by atoms with van der Waals surface area (Å²) in [6.07, 6.45) is 0. The molecule has 0 atom stereocenters. The Kier molecular flexibility index (Phi) is 2.25. The molecule has 1 heterocycles. The van der Waals surface area contributed by atoms with Crippen LogP contribution in [0.1, 0.15) is 11.1 Å². The van der Waals surface area contributed by atoms with Crippen molar-refractivity contribution in [3.63, 3.8) is 0 Å². The highest BCUT2D eigenvalue weighted by Crippen LogP contribution is 2.19. The zero-order chi connectivity index (χ0) is 10.1. The number of anilines is 1. The molecular weight excluding hydrogens is 176 g/mol. The fourth-order valence-electron chi connectivity index (χ4n) is 1.80. The van der Waals surface area contributed by atoms with Crippen LogP contribution in [0, 0.1) is 13.8 Å². The Morgan fingerprint density at radius 3 is 2.36 bits per heavy atom. The molecule has 1 aromatic rings. The van der Waals surface area contributed by atoms with E-state index in [1.54, 1.807) is 4.90 Å². The minimum Gasteiger partial charge on any atom is -0.298 e. The van der Waals surface area contributed by atoms with E-state index in [0.717, 1.165) is 5.69 Å². The van der Waals surface area contributed by atoms with E-state index < -0.39 is 0 Å². The summed E-state index contributed by atoms with van der Waals surface area (Å²) in [5, 5.41) is 3.04. The van der Waals surface area contributed by atoms with E-state index in [1.165, 1.54) is 11.1 Å². The molecule has 1 fully saturated rings. The molecule has 1 saturated heterocycles. The van der Waals surface area contributed by atoms with Gasteiger partial charge in [0.2, 0.25) is 5.91 Å².